The molecule has 0 saturated heterocycles. The summed E-state index contributed by atoms with van der Waals surface area (Å²) in [4.78, 5) is 5.51. The van der Waals surface area contributed by atoms with Crippen LogP contribution < -0.4 is 14.2 Å². The minimum absolute atomic E-state index is 0.391. The Morgan fingerprint density at radius 1 is 0.958 bits per heavy atom. The zero-order valence-corrected chi connectivity index (χ0v) is 13.6. The summed E-state index contributed by atoms with van der Waals surface area (Å²) in [6.45, 7) is 4.27. The second-order valence-electron chi connectivity index (χ2n) is 5.85. The third kappa shape index (κ3) is 3.02. The van der Waals surface area contributed by atoms with E-state index in [1.54, 1.807) is 0 Å². The molecule has 0 radical (unpaired) electrons. The zero-order valence-electron chi connectivity index (χ0n) is 13.6. The van der Waals surface area contributed by atoms with Crippen LogP contribution >= 0.6 is 0 Å². The molecule has 0 aliphatic carbocycles. The fourth-order valence-electron chi connectivity index (χ4n) is 2.85. The van der Waals surface area contributed by atoms with Crippen molar-refractivity contribution in [2.24, 2.45) is 5.16 Å². The Balaban J connectivity index is 1.41. The lowest BCUT2D eigenvalue weighted by Crippen LogP contribution is -2.15. The molecule has 124 valence electrons. The second-order valence-corrected chi connectivity index (χ2v) is 5.85. The third-order valence-corrected chi connectivity index (χ3v) is 4.15. The number of oxime groups is 1. The van der Waals surface area contributed by atoms with E-state index < -0.39 is 0 Å². The SMILES string of the molecule is CC(=NOCc1ccc2c(c1)OCCO2)c1ccc2c(c1)CCO2. The summed E-state index contributed by atoms with van der Waals surface area (Å²) in [5.41, 5.74) is 4.13. The van der Waals surface area contributed by atoms with Crippen LogP contribution in [-0.2, 0) is 17.9 Å². The van der Waals surface area contributed by atoms with E-state index in [1.165, 1.54) is 5.56 Å². The van der Waals surface area contributed by atoms with Gasteiger partial charge in [0.15, 0.2) is 11.5 Å². The van der Waals surface area contributed by atoms with E-state index >= 15 is 0 Å². The Morgan fingerprint density at radius 2 is 1.75 bits per heavy atom. The summed E-state index contributed by atoms with van der Waals surface area (Å²) in [7, 11) is 0. The van der Waals surface area contributed by atoms with Crippen LogP contribution in [0.15, 0.2) is 41.6 Å². The number of fused-ring (bicyclic) bond motifs is 2. The number of ether oxygens (including phenoxy) is 3. The van der Waals surface area contributed by atoms with Crippen molar-refractivity contribution in [3.05, 3.63) is 53.1 Å². The van der Waals surface area contributed by atoms with Gasteiger partial charge in [0.25, 0.3) is 0 Å². The topological polar surface area (TPSA) is 49.3 Å². The highest BCUT2D eigenvalue weighted by Crippen LogP contribution is 2.31. The number of rotatable bonds is 4. The van der Waals surface area contributed by atoms with Gasteiger partial charge in [-0.1, -0.05) is 11.2 Å². The van der Waals surface area contributed by atoms with Crippen LogP contribution in [0.4, 0.5) is 0 Å². The fourth-order valence-corrected chi connectivity index (χ4v) is 2.85. The van der Waals surface area contributed by atoms with Gasteiger partial charge in [-0.3, -0.25) is 0 Å². The van der Waals surface area contributed by atoms with Gasteiger partial charge < -0.3 is 19.0 Å². The minimum Gasteiger partial charge on any atom is -0.493 e. The minimum atomic E-state index is 0.391. The summed E-state index contributed by atoms with van der Waals surface area (Å²) in [6.07, 6.45) is 0.953. The van der Waals surface area contributed by atoms with Gasteiger partial charge in [0, 0.05) is 6.42 Å². The first kappa shape index (κ1) is 14.9. The molecule has 2 heterocycles. The van der Waals surface area contributed by atoms with E-state index in [0.717, 1.165) is 47.1 Å². The molecule has 2 aromatic rings. The lowest BCUT2D eigenvalue weighted by atomic mass is 10.1. The normalized spacial score (nSPS) is 15.6. The molecule has 0 amide bonds. The molecule has 5 nitrogen and oxygen atoms in total. The Kier molecular flexibility index (Phi) is 3.99. The van der Waals surface area contributed by atoms with Crippen LogP contribution in [0.3, 0.4) is 0 Å². The summed E-state index contributed by atoms with van der Waals surface area (Å²) in [5.74, 6) is 2.52. The molecular formula is C19H19NO4. The molecule has 2 aromatic carbocycles. The largest absolute Gasteiger partial charge is 0.493 e. The summed E-state index contributed by atoms with van der Waals surface area (Å²) in [6, 6.07) is 11.9. The molecule has 0 N–H and O–H groups in total. The molecule has 2 aliphatic heterocycles. The van der Waals surface area contributed by atoms with Crippen molar-refractivity contribution >= 4 is 5.71 Å². The van der Waals surface area contributed by atoms with Crippen molar-refractivity contribution in [2.45, 2.75) is 20.0 Å². The Hall–Kier alpha value is -2.69. The van der Waals surface area contributed by atoms with E-state index in [0.29, 0.717) is 19.8 Å². The van der Waals surface area contributed by atoms with E-state index in [1.807, 2.05) is 37.3 Å². The second kappa shape index (κ2) is 6.43. The van der Waals surface area contributed by atoms with Crippen molar-refractivity contribution in [1.29, 1.82) is 0 Å². The number of benzene rings is 2. The van der Waals surface area contributed by atoms with Crippen molar-refractivity contribution < 1.29 is 19.0 Å². The summed E-state index contributed by atoms with van der Waals surface area (Å²) >= 11 is 0. The van der Waals surface area contributed by atoms with Gasteiger partial charge in [0.2, 0.25) is 0 Å². The van der Waals surface area contributed by atoms with Gasteiger partial charge in [0.05, 0.1) is 12.3 Å². The predicted octanol–water partition coefficient (Wildman–Crippen LogP) is 3.33. The van der Waals surface area contributed by atoms with Crippen LogP contribution in [0.2, 0.25) is 0 Å². The zero-order chi connectivity index (χ0) is 16.4. The van der Waals surface area contributed by atoms with Gasteiger partial charge in [-0.05, 0) is 53.9 Å². The maximum Gasteiger partial charge on any atom is 0.161 e. The molecule has 0 unspecified atom stereocenters. The smallest absolute Gasteiger partial charge is 0.161 e. The maximum atomic E-state index is 5.58. The van der Waals surface area contributed by atoms with Crippen LogP contribution in [0.1, 0.15) is 23.6 Å². The lowest BCUT2D eigenvalue weighted by Gasteiger charge is -2.18. The van der Waals surface area contributed by atoms with E-state index in [-0.39, 0.29) is 0 Å². The van der Waals surface area contributed by atoms with Crippen molar-refractivity contribution in [3.63, 3.8) is 0 Å². The van der Waals surface area contributed by atoms with Gasteiger partial charge in [-0.2, -0.15) is 0 Å². The molecule has 0 bridgehead atoms. The van der Waals surface area contributed by atoms with Crippen LogP contribution in [0.5, 0.6) is 17.2 Å². The lowest BCUT2D eigenvalue weighted by molar-refractivity contribution is 0.129. The number of hydrogen-bond acceptors (Lipinski definition) is 5. The van der Waals surface area contributed by atoms with Crippen molar-refractivity contribution in [2.75, 3.05) is 19.8 Å². The molecule has 0 fully saturated rings. The van der Waals surface area contributed by atoms with E-state index in [4.69, 9.17) is 19.0 Å². The molecule has 2 aliphatic rings. The monoisotopic (exact) mass is 325 g/mol. The van der Waals surface area contributed by atoms with Gasteiger partial charge in [0.1, 0.15) is 25.6 Å². The average molecular weight is 325 g/mol. The Morgan fingerprint density at radius 3 is 2.67 bits per heavy atom. The molecule has 0 aromatic heterocycles. The molecule has 0 spiro atoms. The molecular weight excluding hydrogens is 306 g/mol. The third-order valence-electron chi connectivity index (χ3n) is 4.15. The first-order chi connectivity index (χ1) is 11.8. The molecule has 5 heteroatoms. The van der Waals surface area contributed by atoms with Crippen molar-refractivity contribution in [3.8, 4) is 17.2 Å². The highest BCUT2D eigenvalue weighted by Gasteiger charge is 2.13. The van der Waals surface area contributed by atoms with Crippen LogP contribution in [0.25, 0.3) is 0 Å². The Bertz CT molecular complexity index is 785. The van der Waals surface area contributed by atoms with Gasteiger partial charge in [-0.15, -0.1) is 0 Å². The summed E-state index contributed by atoms with van der Waals surface area (Å²) in [5, 5.41) is 4.23. The highest BCUT2D eigenvalue weighted by atomic mass is 16.6. The van der Waals surface area contributed by atoms with E-state index in [2.05, 4.69) is 11.2 Å². The van der Waals surface area contributed by atoms with Gasteiger partial charge >= 0.3 is 0 Å². The fraction of sp³-hybridized carbons (Fsp3) is 0.316. The van der Waals surface area contributed by atoms with Crippen LogP contribution in [0, 0.1) is 0 Å². The molecule has 24 heavy (non-hydrogen) atoms. The van der Waals surface area contributed by atoms with Gasteiger partial charge in [-0.25, -0.2) is 0 Å². The van der Waals surface area contributed by atoms with Crippen molar-refractivity contribution in [1.82, 2.24) is 0 Å². The van der Waals surface area contributed by atoms with E-state index in [9.17, 15) is 0 Å². The molecule has 0 saturated carbocycles. The molecule has 0 atom stereocenters. The number of nitrogens with zero attached hydrogens (tertiary/aromatic N) is 1. The summed E-state index contributed by atoms with van der Waals surface area (Å²) < 4.78 is 16.6. The predicted molar refractivity (Wildman–Crippen MR) is 90.1 cm³/mol. The molecule has 4 rings (SSSR count). The average Bonchev–Trinajstić information content (AvgIpc) is 3.09. The highest BCUT2D eigenvalue weighted by molar-refractivity contribution is 5.98. The van der Waals surface area contributed by atoms with Crippen LogP contribution in [-0.4, -0.2) is 25.5 Å². The quantitative estimate of drug-likeness (QED) is 0.639. The maximum absolute atomic E-state index is 5.58. The number of hydrogen-bond donors (Lipinski definition) is 0. The standard InChI is InChI=1S/C19H19NO4/c1-13(15-3-5-17-16(11-15)6-7-21-17)20-24-12-14-2-4-18-19(10-14)23-9-8-22-18/h2-5,10-11H,6-9,12H2,1H3. The first-order valence-electron chi connectivity index (χ1n) is 8.11. The first-order valence-corrected chi connectivity index (χ1v) is 8.11. The Labute approximate surface area is 140 Å².